The fourth-order valence-corrected chi connectivity index (χ4v) is 4.14. The van der Waals surface area contributed by atoms with Crippen molar-refractivity contribution in [3.63, 3.8) is 0 Å². The molecule has 0 atom stereocenters. The van der Waals surface area contributed by atoms with Gasteiger partial charge < -0.3 is 9.47 Å². The van der Waals surface area contributed by atoms with Crippen molar-refractivity contribution in [3.05, 3.63) is 84.9 Å². The van der Waals surface area contributed by atoms with Crippen LogP contribution in [-0.4, -0.2) is 32.6 Å². The van der Waals surface area contributed by atoms with Crippen LogP contribution in [0.2, 0.25) is 0 Å². The summed E-state index contributed by atoms with van der Waals surface area (Å²) in [4.78, 5) is 0. The lowest BCUT2D eigenvalue weighted by atomic mass is 10.0. The van der Waals surface area contributed by atoms with Crippen molar-refractivity contribution in [2.24, 2.45) is 0 Å². The number of para-hydroxylation sites is 2. The van der Waals surface area contributed by atoms with Crippen LogP contribution in [0.5, 0.6) is 11.5 Å². The van der Waals surface area contributed by atoms with Crippen molar-refractivity contribution < 1.29 is 9.47 Å². The van der Waals surface area contributed by atoms with Crippen LogP contribution in [0.3, 0.4) is 0 Å². The normalized spacial score (nSPS) is 11.3. The van der Waals surface area contributed by atoms with Crippen LogP contribution >= 0.6 is 0 Å². The largest absolute Gasteiger partial charge is 0.490 e. The van der Waals surface area contributed by atoms with E-state index in [0.717, 1.165) is 56.5 Å². The second kappa shape index (κ2) is 10.1. The van der Waals surface area contributed by atoms with E-state index < -0.39 is 0 Å². The Morgan fingerprint density at radius 1 is 0.556 bits per heavy atom. The van der Waals surface area contributed by atoms with Gasteiger partial charge in [-0.2, -0.15) is 10.2 Å². The van der Waals surface area contributed by atoms with Gasteiger partial charge in [0.2, 0.25) is 0 Å². The van der Waals surface area contributed by atoms with Crippen molar-refractivity contribution in [1.82, 2.24) is 20.4 Å². The summed E-state index contributed by atoms with van der Waals surface area (Å²) < 4.78 is 12.0. The lowest BCUT2D eigenvalue weighted by Crippen LogP contribution is -2.06. The van der Waals surface area contributed by atoms with Crippen molar-refractivity contribution >= 4 is 0 Å². The lowest BCUT2D eigenvalue weighted by Gasteiger charge is -2.12. The molecule has 2 N–H and O–H groups in total. The van der Waals surface area contributed by atoms with Crippen molar-refractivity contribution in [2.75, 3.05) is 0 Å². The highest BCUT2D eigenvalue weighted by atomic mass is 16.5. The zero-order valence-corrected chi connectivity index (χ0v) is 20.9. The van der Waals surface area contributed by atoms with Gasteiger partial charge in [-0.25, -0.2) is 0 Å². The van der Waals surface area contributed by atoms with Gasteiger partial charge >= 0.3 is 0 Å². The summed E-state index contributed by atoms with van der Waals surface area (Å²) in [6.07, 6.45) is 0.181. The molecule has 182 valence electrons. The van der Waals surface area contributed by atoms with Gasteiger partial charge in [-0.3, -0.25) is 10.2 Å². The Labute approximate surface area is 211 Å². The Hall–Kier alpha value is -4.32. The molecule has 0 saturated carbocycles. The number of rotatable bonds is 8. The molecule has 0 bridgehead atoms. The average Bonchev–Trinajstić information content (AvgIpc) is 3.55. The molecule has 36 heavy (non-hydrogen) atoms. The molecular formula is C30H30N4O2. The van der Waals surface area contributed by atoms with E-state index in [9.17, 15) is 0 Å². The second-order valence-corrected chi connectivity index (χ2v) is 9.24. The molecule has 0 aliphatic rings. The highest BCUT2D eigenvalue weighted by Crippen LogP contribution is 2.34. The Morgan fingerprint density at radius 3 is 1.44 bits per heavy atom. The molecule has 0 saturated heterocycles. The molecule has 0 spiro atoms. The number of aromatic amines is 2. The van der Waals surface area contributed by atoms with Gasteiger partial charge in [0.05, 0.1) is 35.0 Å². The van der Waals surface area contributed by atoms with Crippen molar-refractivity contribution in [1.29, 1.82) is 0 Å². The molecule has 0 unspecified atom stereocenters. The van der Waals surface area contributed by atoms with Gasteiger partial charge in [0, 0.05) is 22.3 Å². The second-order valence-electron chi connectivity index (χ2n) is 9.24. The maximum absolute atomic E-state index is 5.99. The van der Waals surface area contributed by atoms with Gasteiger partial charge in [0.25, 0.3) is 0 Å². The third-order valence-electron chi connectivity index (χ3n) is 5.69. The minimum Gasteiger partial charge on any atom is -0.490 e. The van der Waals surface area contributed by atoms with Crippen LogP contribution in [0, 0.1) is 0 Å². The molecule has 0 aliphatic heterocycles. The van der Waals surface area contributed by atoms with E-state index in [0.29, 0.717) is 0 Å². The summed E-state index contributed by atoms with van der Waals surface area (Å²) >= 11 is 0. The molecule has 3 aromatic carbocycles. The van der Waals surface area contributed by atoms with Gasteiger partial charge in [-0.15, -0.1) is 0 Å². The minimum atomic E-state index is 0.0906. The van der Waals surface area contributed by atoms with Gasteiger partial charge in [-0.1, -0.05) is 42.5 Å². The summed E-state index contributed by atoms with van der Waals surface area (Å²) in [6, 6.07) is 28.4. The molecule has 0 fully saturated rings. The van der Waals surface area contributed by atoms with Gasteiger partial charge in [-0.05, 0) is 70.2 Å². The average molecular weight is 479 g/mol. The maximum atomic E-state index is 5.99. The Morgan fingerprint density at radius 2 is 1.00 bits per heavy atom. The van der Waals surface area contributed by atoms with Crippen LogP contribution < -0.4 is 9.47 Å². The van der Waals surface area contributed by atoms with Gasteiger partial charge in [0.1, 0.15) is 11.5 Å². The summed E-state index contributed by atoms with van der Waals surface area (Å²) in [5.74, 6) is 1.67. The van der Waals surface area contributed by atoms with Crippen molar-refractivity contribution in [2.45, 2.75) is 39.9 Å². The van der Waals surface area contributed by atoms with Crippen LogP contribution in [0.4, 0.5) is 0 Å². The van der Waals surface area contributed by atoms with Crippen LogP contribution in [-0.2, 0) is 0 Å². The highest BCUT2D eigenvalue weighted by molar-refractivity contribution is 5.77. The fourth-order valence-electron chi connectivity index (χ4n) is 4.14. The van der Waals surface area contributed by atoms with E-state index in [-0.39, 0.29) is 12.2 Å². The molecule has 5 rings (SSSR count). The highest BCUT2D eigenvalue weighted by Gasteiger charge is 2.14. The number of hydrogen-bond acceptors (Lipinski definition) is 4. The zero-order chi connectivity index (χ0) is 25.1. The SMILES string of the molecule is CC(C)Oc1ccccc1-c1cc(-c2cccc(-c3cc(-c4ccccc4OC(C)C)[nH]n3)c2)n[nH]1. The smallest absolute Gasteiger partial charge is 0.129 e. The Kier molecular flexibility index (Phi) is 6.58. The zero-order valence-electron chi connectivity index (χ0n) is 20.9. The summed E-state index contributed by atoms with van der Waals surface area (Å²) in [5, 5.41) is 15.5. The van der Waals surface area contributed by atoms with E-state index in [4.69, 9.17) is 9.47 Å². The number of hydrogen-bond donors (Lipinski definition) is 2. The number of benzene rings is 3. The van der Waals surface area contributed by atoms with Crippen LogP contribution in [0.15, 0.2) is 84.9 Å². The number of H-pyrrole nitrogens is 2. The van der Waals surface area contributed by atoms with E-state index in [2.05, 4.69) is 50.7 Å². The molecule has 0 radical (unpaired) electrons. The number of nitrogens with zero attached hydrogens (tertiary/aromatic N) is 2. The van der Waals surface area contributed by atoms with E-state index >= 15 is 0 Å². The molecule has 2 aromatic heterocycles. The fraction of sp³-hybridized carbons (Fsp3) is 0.200. The first-order valence-electron chi connectivity index (χ1n) is 12.2. The van der Waals surface area contributed by atoms with Crippen LogP contribution in [0.1, 0.15) is 27.7 Å². The first-order valence-corrected chi connectivity index (χ1v) is 12.2. The molecular weight excluding hydrogens is 448 g/mol. The maximum Gasteiger partial charge on any atom is 0.129 e. The van der Waals surface area contributed by atoms with Crippen LogP contribution in [0.25, 0.3) is 45.0 Å². The minimum absolute atomic E-state index is 0.0906. The molecule has 0 aliphatic carbocycles. The summed E-state index contributed by atoms with van der Waals surface area (Å²) in [5.41, 5.74) is 7.53. The quantitative estimate of drug-likeness (QED) is 0.244. The Bertz CT molecular complexity index is 1360. The van der Waals surface area contributed by atoms with E-state index in [1.807, 2.05) is 82.3 Å². The van der Waals surface area contributed by atoms with E-state index in [1.54, 1.807) is 0 Å². The number of aromatic nitrogens is 4. The van der Waals surface area contributed by atoms with E-state index in [1.165, 1.54) is 0 Å². The molecule has 6 heteroatoms. The summed E-state index contributed by atoms with van der Waals surface area (Å²) in [6.45, 7) is 8.10. The third-order valence-corrected chi connectivity index (χ3v) is 5.69. The predicted molar refractivity (Wildman–Crippen MR) is 144 cm³/mol. The molecule has 0 amide bonds. The summed E-state index contributed by atoms with van der Waals surface area (Å²) in [7, 11) is 0. The van der Waals surface area contributed by atoms with Gasteiger partial charge in [0.15, 0.2) is 0 Å². The first kappa shape index (κ1) is 23.4. The monoisotopic (exact) mass is 478 g/mol. The predicted octanol–water partition coefficient (Wildman–Crippen LogP) is 7.38. The Balaban J connectivity index is 1.43. The molecule has 6 nitrogen and oxygen atoms in total. The lowest BCUT2D eigenvalue weighted by molar-refractivity contribution is 0.243. The molecule has 5 aromatic rings. The molecule has 2 heterocycles. The first-order chi connectivity index (χ1) is 17.5. The number of nitrogens with one attached hydrogen (secondary N) is 2. The standard InChI is InChI=1S/C30H30N4O2/c1-19(2)35-29-14-7-5-12-23(29)27-17-25(31-33-27)21-10-9-11-22(16-21)26-18-28(34-32-26)24-13-6-8-15-30(24)36-20(3)4/h5-20H,1-4H3,(H,31,33)(H,32,34). The third kappa shape index (κ3) is 5.03. The number of ether oxygens (including phenoxy) is 2. The topological polar surface area (TPSA) is 75.8 Å². The van der Waals surface area contributed by atoms with Crippen molar-refractivity contribution in [3.8, 4) is 56.5 Å².